The molecule has 18 heavy (non-hydrogen) atoms. The van der Waals surface area contributed by atoms with Crippen LogP contribution in [0.25, 0.3) is 0 Å². The lowest BCUT2D eigenvalue weighted by Gasteiger charge is -2.11. The van der Waals surface area contributed by atoms with Gasteiger partial charge in [0.1, 0.15) is 11.6 Å². The third-order valence-corrected chi connectivity index (χ3v) is 4.92. The Morgan fingerprint density at radius 2 is 2.00 bits per heavy atom. The molecular weight excluding hydrogens is 367 g/mol. The van der Waals surface area contributed by atoms with E-state index in [-0.39, 0.29) is 17.1 Å². The molecule has 1 aromatic rings. The summed E-state index contributed by atoms with van der Waals surface area (Å²) in [5.74, 6) is 0.348. The molecule has 2 rings (SSSR count). The highest BCUT2D eigenvalue weighted by Crippen LogP contribution is 2.34. The van der Waals surface area contributed by atoms with Gasteiger partial charge in [0.2, 0.25) is 0 Å². The standard InChI is InChI=1S/C11H15IN2O3S/c1-18(16,17)6-8-13-10(7-4-2-3-5-7)9(12)11(15)14-8/h7H,2-6H2,1H3,(H,13,14,15). The molecule has 7 heteroatoms. The van der Waals surface area contributed by atoms with Crippen molar-refractivity contribution in [1.29, 1.82) is 0 Å². The Hall–Kier alpha value is -0.440. The maximum absolute atomic E-state index is 11.8. The van der Waals surface area contributed by atoms with Crippen LogP contribution < -0.4 is 5.56 Å². The summed E-state index contributed by atoms with van der Waals surface area (Å²) in [6.45, 7) is 0. The first kappa shape index (κ1) is 14.0. The van der Waals surface area contributed by atoms with Crippen LogP contribution in [-0.2, 0) is 15.6 Å². The molecule has 1 aliphatic carbocycles. The molecule has 1 heterocycles. The van der Waals surface area contributed by atoms with Crippen molar-refractivity contribution in [3.05, 3.63) is 25.4 Å². The third kappa shape index (κ3) is 3.31. The second kappa shape index (κ2) is 5.28. The van der Waals surface area contributed by atoms with E-state index in [1.54, 1.807) is 0 Å². The summed E-state index contributed by atoms with van der Waals surface area (Å²) in [6, 6.07) is 0. The molecule has 0 bridgehead atoms. The van der Waals surface area contributed by atoms with Gasteiger partial charge in [0.05, 0.1) is 9.26 Å². The van der Waals surface area contributed by atoms with E-state index in [4.69, 9.17) is 0 Å². The molecule has 0 aliphatic heterocycles. The van der Waals surface area contributed by atoms with E-state index in [0.717, 1.165) is 37.6 Å². The van der Waals surface area contributed by atoms with Gasteiger partial charge in [-0.25, -0.2) is 13.4 Å². The Kier molecular flexibility index (Phi) is 4.10. The van der Waals surface area contributed by atoms with E-state index in [0.29, 0.717) is 9.49 Å². The molecule has 0 saturated heterocycles. The number of sulfone groups is 1. The topological polar surface area (TPSA) is 79.9 Å². The fourth-order valence-corrected chi connectivity index (χ4v) is 3.64. The van der Waals surface area contributed by atoms with E-state index in [1.165, 1.54) is 0 Å². The molecule has 1 aromatic heterocycles. The summed E-state index contributed by atoms with van der Waals surface area (Å²) in [4.78, 5) is 18.7. The summed E-state index contributed by atoms with van der Waals surface area (Å²) >= 11 is 1.99. The second-order valence-corrected chi connectivity index (χ2v) is 7.98. The van der Waals surface area contributed by atoms with Crippen molar-refractivity contribution < 1.29 is 8.42 Å². The minimum Gasteiger partial charge on any atom is -0.309 e. The van der Waals surface area contributed by atoms with Crippen molar-refractivity contribution in [2.45, 2.75) is 37.4 Å². The first-order chi connectivity index (χ1) is 8.37. The average Bonchev–Trinajstić information content (AvgIpc) is 2.74. The van der Waals surface area contributed by atoms with Crippen molar-refractivity contribution in [2.75, 3.05) is 6.26 Å². The molecule has 0 radical (unpaired) electrons. The van der Waals surface area contributed by atoms with E-state index in [1.807, 2.05) is 22.6 Å². The second-order valence-electron chi connectivity index (χ2n) is 4.76. The summed E-state index contributed by atoms with van der Waals surface area (Å²) in [5, 5.41) is 0. The van der Waals surface area contributed by atoms with Gasteiger partial charge in [0, 0.05) is 12.2 Å². The van der Waals surface area contributed by atoms with Crippen LogP contribution in [0.3, 0.4) is 0 Å². The van der Waals surface area contributed by atoms with Crippen molar-refractivity contribution in [2.24, 2.45) is 0 Å². The van der Waals surface area contributed by atoms with Gasteiger partial charge in [-0.2, -0.15) is 0 Å². The van der Waals surface area contributed by atoms with E-state index >= 15 is 0 Å². The summed E-state index contributed by atoms with van der Waals surface area (Å²) in [6.07, 6.45) is 5.50. The molecule has 100 valence electrons. The third-order valence-electron chi connectivity index (χ3n) is 3.08. The maximum atomic E-state index is 11.8. The smallest absolute Gasteiger partial charge is 0.264 e. The molecule has 1 saturated carbocycles. The number of rotatable bonds is 3. The summed E-state index contributed by atoms with van der Waals surface area (Å²) in [7, 11) is -3.18. The Labute approximate surface area is 119 Å². The van der Waals surface area contributed by atoms with Crippen LogP contribution in [0, 0.1) is 3.57 Å². The lowest BCUT2D eigenvalue weighted by atomic mass is 10.0. The zero-order chi connectivity index (χ0) is 13.3. The highest BCUT2D eigenvalue weighted by Gasteiger charge is 2.23. The van der Waals surface area contributed by atoms with Crippen LogP contribution in [0.2, 0.25) is 0 Å². The van der Waals surface area contributed by atoms with Gasteiger partial charge in [-0.05, 0) is 35.4 Å². The number of aromatic nitrogens is 2. The van der Waals surface area contributed by atoms with Crippen molar-refractivity contribution >= 4 is 32.4 Å². The predicted molar refractivity (Wildman–Crippen MR) is 77.3 cm³/mol. The largest absolute Gasteiger partial charge is 0.309 e. The SMILES string of the molecule is CS(=O)(=O)Cc1nc(C2CCCC2)c(I)c(=O)[nH]1. The molecule has 0 aromatic carbocycles. The number of hydrogen-bond donors (Lipinski definition) is 1. The van der Waals surface area contributed by atoms with Gasteiger partial charge in [-0.1, -0.05) is 12.8 Å². The van der Waals surface area contributed by atoms with Crippen LogP contribution in [-0.4, -0.2) is 24.6 Å². The fraction of sp³-hybridized carbons (Fsp3) is 0.636. The Morgan fingerprint density at radius 3 is 2.56 bits per heavy atom. The highest BCUT2D eigenvalue weighted by atomic mass is 127. The Morgan fingerprint density at radius 1 is 1.39 bits per heavy atom. The van der Waals surface area contributed by atoms with Crippen LogP contribution >= 0.6 is 22.6 Å². The molecular formula is C11H15IN2O3S. The first-order valence-corrected chi connectivity index (χ1v) is 8.97. The highest BCUT2D eigenvalue weighted by molar-refractivity contribution is 14.1. The molecule has 0 unspecified atom stereocenters. The number of hydrogen-bond acceptors (Lipinski definition) is 4. The molecule has 1 N–H and O–H groups in total. The Balaban J connectivity index is 2.42. The average molecular weight is 382 g/mol. The minimum atomic E-state index is -3.18. The molecule has 1 fully saturated rings. The molecule has 0 spiro atoms. The van der Waals surface area contributed by atoms with Crippen LogP contribution in [0.5, 0.6) is 0 Å². The fourth-order valence-electron chi connectivity index (χ4n) is 2.31. The summed E-state index contributed by atoms with van der Waals surface area (Å²) in [5.41, 5.74) is 0.543. The van der Waals surface area contributed by atoms with Gasteiger partial charge < -0.3 is 4.98 Å². The molecule has 0 atom stereocenters. The number of halogens is 1. The lowest BCUT2D eigenvalue weighted by Crippen LogP contribution is -2.21. The monoisotopic (exact) mass is 382 g/mol. The van der Waals surface area contributed by atoms with Gasteiger partial charge in [0.25, 0.3) is 5.56 Å². The maximum Gasteiger partial charge on any atom is 0.264 e. The van der Waals surface area contributed by atoms with E-state index < -0.39 is 9.84 Å². The van der Waals surface area contributed by atoms with Crippen molar-refractivity contribution in [3.63, 3.8) is 0 Å². The van der Waals surface area contributed by atoms with Crippen LogP contribution in [0.15, 0.2) is 4.79 Å². The number of aromatic amines is 1. The molecule has 1 aliphatic rings. The predicted octanol–water partition coefficient (Wildman–Crippen LogP) is 1.58. The van der Waals surface area contributed by atoms with Crippen LogP contribution in [0.1, 0.15) is 43.1 Å². The Bertz CT molecular complexity index is 603. The number of nitrogens with zero attached hydrogens (tertiary/aromatic N) is 1. The van der Waals surface area contributed by atoms with Gasteiger partial charge in [-0.3, -0.25) is 4.79 Å². The quantitative estimate of drug-likeness (QED) is 0.805. The first-order valence-electron chi connectivity index (χ1n) is 5.83. The summed E-state index contributed by atoms with van der Waals surface area (Å²) < 4.78 is 23.1. The van der Waals surface area contributed by atoms with E-state index in [2.05, 4.69) is 9.97 Å². The van der Waals surface area contributed by atoms with Crippen molar-refractivity contribution in [3.8, 4) is 0 Å². The van der Waals surface area contributed by atoms with E-state index in [9.17, 15) is 13.2 Å². The molecule has 5 nitrogen and oxygen atoms in total. The van der Waals surface area contributed by atoms with Crippen molar-refractivity contribution in [1.82, 2.24) is 9.97 Å². The lowest BCUT2D eigenvalue weighted by molar-refractivity contribution is 0.598. The van der Waals surface area contributed by atoms with Gasteiger partial charge in [0.15, 0.2) is 9.84 Å². The molecule has 0 amide bonds. The number of H-pyrrole nitrogens is 1. The zero-order valence-corrected chi connectivity index (χ0v) is 13.0. The number of nitrogens with one attached hydrogen (secondary N) is 1. The van der Waals surface area contributed by atoms with Gasteiger partial charge in [-0.15, -0.1) is 0 Å². The normalized spacial score (nSPS) is 17.2. The van der Waals surface area contributed by atoms with Gasteiger partial charge >= 0.3 is 0 Å². The van der Waals surface area contributed by atoms with Crippen LogP contribution in [0.4, 0.5) is 0 Å². The zero-order valence-electron chi connectivity index (χ0n) is 10.1. The minimum absolute atomic E-state index is 0.209.